The maximum atomic E-state index is 11.2. The summed E-state index contributed by atoms with van der Waals surface area (Å²) in [7, 11) is 0. The predicted octanol–water partition coefficient (Wildman–Crippen LogP) is 1.84. The fraction of sp³-hybridized carbons (Fsp3) is 1.00. The lowest BCUT2D eigenvalue weighted by Gasteiger charge is -2.22. The van der Waals surface area contributed by atoms with Crippen molar-refractivity contribution in [2.75, 3.05) is 6.54 Å². The van der Waals surface area contributed by atoms with Crippen molar-refractivity contribution in [3.63, 3.8) is 0 Å². The van der Waals surface area contributed by atoms with Crippen molar-refractivity contribution in [1.82, 2.24) is 5.06 Å². The average molecular weight is 142 g/mol. The first-order valence-corrected chi connectivity index (χ1v) is 3.78. The third-order valence-electron chi connectivity index (χ3n) is 2.16. The zero-order valence-corrected chi connectivity index (χ0v) is 7.27. The van der Waals surface area contributed by atoms with Gasteiger partial charge in [-0.15, -0.1) is 10.3 Å². The van der Waals surface area contributed by atoms with E-state index in [9.17, 15) is 5.21 Å². The second kappa shape index (κ2) is 1.95. The lowest BCUT2D eigenvalue weighted by Crippen LogP contribution is -2.33. The SMILES string of the molecule is CC1(C)CN([O])C(C)(C)C1. The summed E-state index contributed by atoms with van der Waals surface area (Å²) in [5.74, 6) is 0. The molecule has 10 heavy (non-hydrogen) atoms. The van der Waals surface area contributed by atoms with Gasteiger partial charge in [-0.2, -0.15) is 0 Å². The van der Waals surface area contributed by atoms with Gasteiger partial charge in [0.1, 0.15) is 0 Å². The predicted molar refractivity (Wildman–Crippen MR) is 39.9 cm³/mol. The number of hydrogen-bond acceptors (Lipinski definition) is 1. The van der Waals surface area contributed by atoms with E-state index in [1.807, 2.05) is 13.8 Å². The summed E-state index contributed by atoms with van der Waals surface area (Å²) in [5.41, 5.74) is 0.0781. The van der Waals surface area contributed by atoms with Crippen molar-refractivity contribution < 1.29 is 5.21 Å². The van der Waals surface area contributed by atoms with Gasteiger partial charge in [0.05, 0.1) is 0 Å². The van der Waals surface area contributed by atoms with Crippen molar-refractivity contribution >= 4 is 0 Å². The highest BCUT2D eigenvalue weighted by Crippen LogP contribution is 2.39. The highest BCUT2D eigenvalue weighted by Gasteiger charge is 2.43. The van der Waals surface area contributed by atoms with Crippen molar-refractivity contribution in [3.05, 3.63) is 0 Å². The van der Waals surface area contributed by atoms with Crippen LogP contribution in [0.4, 0.5) is 0 Å². The summed E-state index contributed by atoms with van der Waals surface area (Å²) in [6, 6.07) is 0. The second-order valence-corrected chi connectivity index (χ2v) is 4.69. The molecule has 0 atom stereocenters. The van der Waals surface area contributed by atoms with Gasteiger partial charge in [0.2, 0.25) is 0 Å². The molecule has 0 aromatic carbocycles. The third-order valence-corrected chi connectivity index (χ3v) is 2.16. The van der Waals surface area contributed by atoms with Crippen molar-refractivity contribution in [2.45, 2.75) is 39.7 Å². The third kappa shape index (κ3) is 1.32. The monoisotopic (exact) mass is 142 g/mol. The Hall–Kier alpha value is -0.0800. The van der Waals surface area contributed by atoms with Crippen LogP contribution in [0, 0.1) is 5.41 Å². The molecule has 0 aromatic rings. The second-order valence-electron chi connectivity index (χ2n) is 4.69. The number of hydroxylamine groups is 2. The molecule has 1 aliphatic rings. The van der Waals surface area contributed by atoms with Crippen LogP contribution < -0.4 is 0 Å². The maximum Gasteiger partial charge on any atom is 0.0443 e. The van der Waals surface area contributed by atoms with Crippen LogP contribution in [-0.2, 0) is 5.21 Å². The van der Waals surface area contributed by atoms with Gasteiger partial charge in [0, 0.05) is 12.1 Å². The van der Waals surface area contributed by atoms with Crippen LogP contribution in [0.3, 0.4) is 0 Å². The zero-order valence-electron chi connectivity index (χ0n) is 7.27. The fourth-order valence-corrected chi connectivity index (χ4v) is 1.92. The summed E-state index contributed by atoms with van der Waals surface area (Å²) >= 11 is 0. The molecule has 1 aliphatic heterocycles. The lowest BCUT2D eigenvalue weighted by atomic mass is 9.86. The minimum Gasteiger partial charge on any atom is -0.149 e. The summed E-state index contributed by atoms with van der Waals surface area (Å²) in [6.45, 7) is 8.99. The molecule has 0 N–H and O–H groups in total. The number of hydrogen-bond donors (Lipinski definition) is 0. The Kier molecular flexibility index (Phi) is 1.57. The van der Waals surface area contributed by atoms with Crippen LogP contribution in [0.2, 0.25) is 0 Å². The van der Waals surface area contributed by atoms with E-state index in [0.717, 1.165) is 6.42 Å². The molecule has 0 aromatic heterocycles. The van der Waals surface area contributed by atoms with Gasteiger partial charge in [-0.3, -0.25) is 0 Å². The van der Waals surface area contributed by atoms with Crippen LogP contribution >= 0.6 is 0 Å². The first-order chi connectivity index (χ1) is 4.33. The van der Waals surface area contributed by atoms with E-state index in [0.29, 0.717) is 6.54 Å². The Balaban J connectivity index is 2.71. The first kappa shape index (κ1) is 8.02. The highest BCUT2D eigenvalue weighted by atomic mass is 16.5. The topological polar surface area (TPSA) is 23.1 Å². The largest absolute Gasteiger partial charge is 0.149 e. The molecule has 1 heterocycles. The molecule has 1 rings (SSSR count). The summed E-state index contributed by atoms with van der Waals surface area (Å²) < 4.78 is 0. The molecule has 1 saturated heterocycles. The van der Waals surface area contributed by atoms with Crippen LogP contribution in [0.15, 0.2) is 0 Å². The van der Waals surface area contributed by atoms with Crippen molar-refractivity contribution in [2.24, 2.45) is 5.41 Å². The maximum absolute atomic E-state index is 11.2. The van der Waals surface area contributed by atoms with Crippen molar-refractivity contribution in [1.29, 1.82) is 0 Å². The average Bonchev–Trinajstić information content (AvgIpc) is 1.73. The summed E-state index contributed by atoms with van der Waals surface area (Å²) in [4.78, 5) is 0. The number of nitrogens with zero attached hydrogens (tertiary/aromatic N) is 1. The van der Waals surface area contributed by atoms with Crippen LogP contribution in [0.25, 0.3) is 0 Å². The van der Waals surface area contributed by atoms with E-state index in [4.69, 9.17) is 0 Å². The van der Waals surface area contributed by atoms with Gasteiger partial charge in [0.25, 0.3) is 0 Å². The van der Waals surface area contributed by atoms with E-state index in [1.165, 1.54) is 5.06 Å². The Labute approximate surface area is 62.8 Å². The summed E-state index contributed by atoms with van der Waals surface area (Å²) in [5, 5.41) is 12.4. The van der Waals surface area contributed by atoms with Gasteiger partial charge in [-0.1, -0.05) is 13.8 Å². The number of rotatable bonds is 0. The molecule has 0 aliphatic carbocycles. The van der Waals surface area contributed by atoms with E-state index in [1.54, 1.807) is 0 Å². The van der Waals surface area contributed by atoms with E-state index >= 15 is 0 Å². The van der Waals surface area contributed by atoms with E-state index < -0.39 is 0 Å². The molecule has 1 fully saturated rings. The Morgan fingerprint density at radius 3 is 1.80 bits per heavy atom. The highest BCUT2D eigenvalue weighted by molar-refractivity contribution is 4.93. The standard InChI is InChI=1S/C8H16NO/c1-7(2)5-8(3,4)9(10)6-7/h5-6H2,1-4H3. The van der Waals surface area contributed by atoms with Gasteiger partial charge in [0.15, 0.2) is 0 Å². The molecular formula is C8H16NO. The quantitative estimate of drug-likeness (QED) is 0.506. The molecule has 2 nitrogen and oxygen atoms in total. The molecular weight excluding hydrogens is 126 g/mol. The molecule has 0 spiro atoms. The van der Waals surface area contributed by atoms with E-state index in [2.05, 4.69) is 13.8 Å². The molecule has 0 bridgehead atoms. The van der Waals surface area contributed by atoms with Gasteiger partial charge in [-0.05, 0) is 25.7 Å². The minimum atomic E-state index is -0.135. The zero-order chi connectivity index (χ0) is 7.99. The molecule has 0 unspecified atom stereocenters. The van der Waals surface area contributed by atoms with Crippen molar-refractivity contribution in [3.8, 4) is 0 Å². The Bertz CT molecular complexity index is 140. The van der Waals surface area contributed by atoms with Gasteiger partial charge >= 0.3 is 0 Å². The van der Waals surface area contributed by atoms with Crippen LogP contribution in [-0.4, -0.2) is 17.1 Å². The fourth-order valence-electron chi connectivity index (χ4n) is 1.92. The normalized spacial score (nSPS) is 30.9. The first-order valence-electron chi connectivity index (χ1n) is 3.78. The lowest BCUT2D eigenvalue weighted by molar-refractivity contribution is -0.197. The molecule has 0 saturated carbocycles. The van der Waals surface area contributed by atoms with E-state index in [-0.39, 0.29) is 11.0 Å². The molecule has 2 heteroatoms. The molecule has 0 amide bonds. The summed E-state index contributed by atoms with van der Waals surface area (Å²) in [6.07, 6.45) is 1.00. The molecule has 59 valence electrons. The smallest absolute Gasteiger partial charge is 0.0443 e. The Morgan fingerprint density at radius 1 is 1.20 bits per heavy atom. The van der Waals surface area contributed by atoms with Crippen LogP contribution in [0.1, 0.15) is 34.1 Å². The van der Waals surface area contributed by atoms with Gasteiger partial charge < -0.3 is 0 Å². The minimum absolute atomic E-state index is 0.135. The van der Waals surface area contributed by atoms with Gasteiger partial charge in [-0.25, -0.2) is 0 Å². The van der Waals surface area contributed by atoms with Crippen LogP contribution in [0.5, 0.6) is 0 Å². The molecule has 1 radical (unpaired) electrons. The Morgan fingerprint density at radius 2 is 1.70 bits per heavy atom.